The lowest BCUT2D eigenvalue weighted by Crippen LogP contribution is -2.34. The van der Waals surface area contributed by atoms with Gasteiger partial charge >= 0.3 is 0 Å². The number of rotatable bonds is 7. The third-order valence-corrected chi connectivity index (χ3v) is 4.48. The maximum absolute atomic E-state index is 14.2. The van der Waals surface area contributed by atoms with E-state index in [0.717, 1.165) is 24.3 Å². The van der Waals surface area contributed by atoms with Gasteiger partial charge in [-0.25, -0.2) is 9.37 Å². The van der Waals surface area contributed by atoms with E-state index in [1.54, 1.807) is 6.07 Å². The van der Waals surface area contributed by atoms with E-state index in [1.165, 1.54) is 6.07 Å². The van der Waals surface area contributed by atoms with Crippen molar-refractivity contribution in [2.45, 2.75) is 40.3 Å². The van der Waals surface area contributed by atoms with E-state index in [1.807, 2.05) is 45.9 Å². The minimum absolute atomic E-state index is 0.0279. The average molecular weight is 367 g/mol. The number of imidazole rings is 1. The standard InChI is InChI=1S/C22H26FN3O/c1-4-13-26-19-12-8-11-18(23)21(19)24-20(26)15-25(14-16(2)3)22(27)17-9-6-5-7-10-17/h5-12,16H,4,13-15H2,1-3H3. The van der Waals surface area contributed by atoms with Crippen molar-refractivity contribution >= 4 is 16.9 Å². The molecule has 0 N–H and O–H groups in total. The zero-order valence-corrected chi connectivity index (χ0v) is 16.2. The summed E-state index contributed by atoms with van der Waals surface area (Å²) in [6.07, 6.45) is 0.909. The first-order valence-corrected chi connectivity index (χ1v) is 9.49. The summed E-state index contributed by atoms with van der Waals surface area (Å²) in [5.74, 6) is 0.688. The van der Waals surface area contributed by atoms with Gasteiger partial charge in [0.2, 0.25) is 0 Å². The quantitative estimate of drug-likeness (QED) is 0.597. The van der Waals surface area contributed by atoms with Crippen molar-refractivity contribution in [1.82, 2.24) is 14.5 Å². The summed E-state index contributed by atoms with van der Waals surface area (Å²) in [7, 11) is 0. The molecule has 3 rings (SSSR count). The smallest absolute Gasteiger partial charge is 0.254 e. The third kappa shape index (κ3) is 4.18. The number of benzene rings is 2. The predicted molar refractivity (Wildman–Crippen MR) is 106 cm³/mol. The Kier molecular flexibility index (Phi) is 5.89. The lowest BCUT2D eigenvalue weighted by atomic mass is 10.1. The molecular formula is C22H26FN3O. The third-order valence-electron chi connectivity index (χ3n) is 4.48. The van der Waals surface area contributed by atoms with Gasteiger partial charge in [0.25, 0.3) is 5.91 Å². The van der Waals surface area contributed by atoms with Gasteiger partial charge in [0.05, 0.1) is 12.1 Å². The van der Waals surface area contributed by atoms with Crippen LogP contribution in [0.25, 0.3) is 11.0 Å². The molecule has 0 unspecified atom stereocenters. The topological polar surface area (TPSA) is 38.1 Å². The zero-order valence-electron chi connectivity index (χ0n) is 16.2. The lowest BCUT2D eigenvalue weighted by molar-refractivity contribution is 0.0716. The summed E-state index contributed by atoms with van der Waals surface area (Å²) in [5, 5.41) is 0. The van der Waals surface area contributed by atoms with Crippen molar-refractivity contribution in [2.24, 2.45) is 5.92 Å². The molecule has 142 valence electrons. The molecule has 0 aliphatic carbocycles. The maximum Gasteiger partial charge on any atom is 0.254 e. The highest BCUT2D eigenvalue weighted by atomic mass is 19.1. The molecule has 2 aromatic carbocycles. The molecule has 0 bridgehead atoms. The molecule has 0 aliphatic rings. The van der Waals surface area contributed by atoms with Crippen LogP contribution in [0.15, 0.2) is 48.5 Å². The molecule has 0 fully saturated rings. The number of hydrogen-bond donors (Lipinski definition) is 0. The van der Waals surface area contributed by atoms with Crippen LogP contribution in [0, 0.1) is 11.7 Å². The normalized spacial score (nSPS) is 11.3. The SMILES string of the molecule is CCCn1c(CN(CC(C)C)C(=O)c2ccccc2)nc2c(F)cccc21. The van der Waals surface area contributed by atoms with Gasteiger partial charge in [-0.2, -0.15) is 0 Å². The molecule has 5 heteroatoms. The number of aryl methyl sites for hydroxylation is 1. The van der Waals surface area contributed by atoms with E-state index in [4.69, 9.17) is 0 Å². The van der Waals surface area contributed by atoms with Crippen molar-refractivity contribution in [3.05, 3.63) is 65.7 Å². The molecule has 4 nitrogen and oxygen atoms in total. The molecule has 0 atom stereocenters. The summed E-state index contributed by atoms with van der Waals surface area (Å²) in [6, 6.07) is 14.3. The van der Waals surface area contributed by atoms with Crippen LogP contribution in [0.3, 0.4) is 0 Å². The minimum Gasteiger partial charge on any atom is -0.331 e. The molecule has 1 heterocycles. The number of amides is 1. The Labute approximate surface area is 159 Å². The zero-order chi connectivity index (χ0) is 19.4. The maximum atomic E-state index is 14.2. The Balaban J connectivity index is 1.99. The molecule has 27 heavy (non-hydrogen) atoms. The van der Waals surface area contributed by atoms with Gasteiger partial charge in [-0.3, -0.25) is 4.79 Å². The van der Waals surface area contributed by atoms with Crippen molar-refractivity contribution in [1.29, 1.82) is 0 Å². The van der Waals surface area contributed by atoms with Crippen molar-refractivity contribution in [3.8, 4) is 0 Å². The number of hydrogen-bond acceptors (Lipinski definition) is 2. The molecule has 3 aromatic rings. The average Bonchev–Trinajstić information content (AvgIpc) is 3.00. The van der Waals surface area contributed by atoms with Crippen molar-refractivity contribution in [2.75, 3.05) is 6.54 Å². The van der Waals surface area contributed by atoms with Gasteiger partial charge in [-0.15, -0.1) is 0 Å². The highest BCUT2D eigenvalue weighted by Crippen LogP contribution is 2.22. The summed E-state index contributed by atoms with van der Waals surface area (Å²) in [5.41, 5.74) is 1.81. The number of aromatic nitrogens is 2. The molecule has 1 aromatic heterocycles. The van der Waals surface area contributed by atoms with Gasteiger partial charge < -0.3 is 9.47 Å². The van der Waals surface area contributed by atoms with Crippen molar-refractivity contribution in [3.63, 3.8) is 0 Å². The molecule has 0 radical (unpaired) electrons. The van der Waals surface area contributed by atoms with Crippen LogP contribution in [0.2, 0.25) is 0 Å². The first kappa shape index (κ1) is 19.1. The second kappa shape index (κ2) is 8.33. The van der Waals surface area contributed by atoms with Gasteiger partial charge in [0.15, 0.2) is 5.82 Å². The Hall–Kier alpha value is -2.69. The minimum atomic E-state index is -0.326. The fourth-order valence-electron chi connectivity index (χ4n) is 3.35. The van der Waals surface area contributed by atoms with Crippen LogP contribution in [-0.4, -0.2) is 26.9 Å². The van der Waals surface area contributed by atoms with Crippen LogP contribution in [-0.2, 0) is 13.1 Å². The van der Waals surface area contributed by atoms with Crippen LogP contribution in [0.1, 0.15) is 43.4 Å². The second-order valence-corrected chi connectivity index (χ2v) is 7.23. The number of carbonyl (C=O) groups is 1. The molecule has 0 spiro atoms. The summed E-state index contributed by atoms with van der Waals surface area (Å²) in [6.45, 7) is 7.96. The second-order valence-electron chi connectivity index (χ2n) is 7.23. The van der Waals surface area contributed by atoms with Gasteiger partial charge in [-0.1, -0.05) is 45.0 Å². The van der Waals surface area contributed by atoms with E-state index in [-0.39, 0.29) is 11.7 Å². The molecule has 0 saturated carbocycles. The Morgan fingerprint density at radius 3 is 2.56 bits per heavy atom. The van der Waals surface area contributed by atoms with Crippen LogP contribution in [0.4, 0.5) is 4.39 Å². The summed E-state index contributed by atoms with van der Waals surface area (Å²) >= 11 is 0. The van der Waals surface area contributed by atoms with E-state index in [2.05, 4.69) is 25.8 Å². The van der Waals surface area contributed by atoms with E-state index < -0.39 is 0 Å². The fraction of sp³-hybridized carbons (Fsp3) is 0.364. The van der Waals surface area contributed by atoms with Gasteiger partial charge in [-0.05, 0) is 36.6 Å². The first-order chi connectivity index (χ1) is 13.0. The number of fused-ring (bicyclic) bond motifs is 1. The molecule has 1 amide bonds. The highest BCUT2D eigenvalue weighted by Gasteiger charge is 2.21. The number of nitrogens with zero attached hydrogens (tertiary/aromatic N) is 3. The largest absolute Gasteiger partial charge is 0.331 e. The Morgan fingerprint density at radius 2 is 1.89 bits per heavy atom. The van der Waals surface area contributed by atoms with Crippen LogP contribution < -0.4 is 0 Å². The summed E-state index contributed by atoms with van der Waals surface area (Å²) in [4.78, 5) is 19.4. The van der Waals surface area contributed by atoms with E-state index >= 15 is 0 Å². The monoisotopic (exact) mass is 367 g/mol. The fourth-order valence-corrected chi connectivity index (χ4v) is 3.35. The van der Waals surface area contributed by atoms with Crippen molar-refractivity contribution < 1.29 is 9.18 Å². The number of halogens is 1. The van der Waals surface area contributed by atoms with Crippen LogP contribution >= 0.6 is 0 Å². The summed E-state index contributed by atoms with van der Waals surface area (Å²) < 4.78 is 16.3. The highest BCUT2D eigenvalue weighted by molar-refractivity contribution is 5.94. The molecule has 0 aliphatic heterocycles. The van der Waals surface area contributed by atoms with Gasteiger partial charge in [0.1, 0.15) is 11.3 Å². The number of carbonyl (C=O) groups excluding carboxylic acids is 1. The lowest BCUT2D eigenvalue weighted by Gasteiger charge is -2.25. The van der Waals surface area contributed by atoms with Crippen LogP contribution in [0.5, 0.6) is 0 Å². The van der Waals surface area contributed by atoms with Gasteiger partial charge in [0, 0.05) is 18.7 Å². The first-order valence-electron chi connectivity index (χ1n) is 9.49. The number of para-hydroxylation sites is 1. The van der Waals surface area contributed by atoms with E-state index in [0.29, 0.717) is 30.1 Å². The predicted octanol–water partition coefficient (Wildman–Crippen LogP) is 4.88. The molecular weight excluding hydrogens is 341 g/mol. The van der Waals surface area contributed by atoms with E-state index in [9.17, 15) is 9.18 Å². The molecule has 0 saturated heterocycles. The Morgan fingerprint density at radius 1 is 1.15 bits per heavy atom. The Bertz CT molecular complexity index is 918.